The van der Waals surface area contributed by atoms with Gasteiger partial charge < -0.3 is 15.6 Å². The Kier molecular flexibility index (Phi) is 4.33. The van der Waals surface area contributed by atoms with Crippen molar-refractivity contribution in [1.82, 2.24) is 25.2 Å². The number of nitrogens with two attached hydrogens (primary N) is 1. The SMILES string of the molecule is Cc1cc(N)n(CC(=O)NCCc2noc(C(F)(F)F)n2)n1. The molecule has 0 unspecified atom stereocenters. The number of carbonyl (C=O) groups excluding carboxylic acids is 1. The number of halogens is 3. The molecule has 0 aliphatic carbocycles. The molecule has 22 heavy (non-hydrogen) atoms. The molecule has 0 saturated heterocycles. The number of amides is 1. The first-order chi connectivity index (χ1) is 10.3. The van der Waals surface area contributed by atoms with E-state index in [1.54, 1.807) is 13.0 Å². The molecule has 3 N–H and O–H groups in total. The van der Waals surface area contributed by atoms with Crippen LogP contribution in [0.2, 0.25) is 0 Å². The molecule has 2 aromatic heterocycles. The van der Waals surface area contributed by atoms with Crippen molar-refractivity contribution in [2.45, 2.75) is 26.1 Å². The van der Waals surface area contributed by atoms with E-state index in [9.17, 15) is 18.0 Å². The van der Waals surface area contributed by atoms with Crippen LogP contribution in [0.1, 0.15) is 17.4 Å². The van der Waals surface area contributed by atoms with E-state index in [1.165, 1.54) is 4.68 Å². The smallest absolute Gasteiger partial charge is 0.384 e. The van der Waals surface area contributed by atoms with E-state index in [4.69, 9.17) is 5.73 Å². The van der Waals surface area contributed by atoms with Crippen LogP contribution in [-0.2, 0) is 23.9 Å². The highest BCUT2D eigenvalue weighted by Crippen LogP contribution is 2.27. The Balaban J connectivity index is 1.80. The third-order valence-corrected chi connectivity index (χ3v) is 2.61. The van der Waals surface area contributed by atoms with Gasteiger partial charge in [0.2, 0.25) is 5.91 Å². The van der Waals surface area contributed by atoms with Crippen LogP contribution in [0.4, 0.5) is 19.0 Å². The monoisotopic (exact) mass is 318 g/mol. The van der Waals surface area contributed by atoms with Crippen LogP contribution in [0, 0.1) is 6.92 Å². The molecule has 0 aliphatic heterocycles. The van der Waals surface area contributed by atoms with E-state index in [0.29, 0.717) is 11.5 Å². The minimum atomic E-state index is -4.68. The Bertz CT molecular complexity index is 663. The molecule has 0 atom stereocenters. The summed E-state index contributed by atoms with van der Waals surface area (Å²) in [6.07, 6.45) is -4.66. The number of nitrogens with zero attached hydrogens (tertiary/aromatic N) is 4. The summed E-state index contributed by atoms with van der Waals surface area (Å²) < 4.78 is 42.1. The molecule has 8 nitrogen and oxygen atoms in total. The second kappa shape index (κ2) is 6.03. The molecule has 0 spiro atoms. The molecular weight excluding hydrogens is 305 g/mol. The first kappa shape index (κ1) is 15.8. The van der Waals surface area contributed by atoms with Crippen LogP contribution < -0.4 is 11.1 Å². The van der Waals surface area contributed by atoms with Gasteiger partial charge in [-0.3, -0.25) is 4.79 Å². The normalized spacial score (nSPS) is 11.6. The van der Waals surface area contributed by atoms with E-state index >= 15 is 0 Å². The molecule has 0 aliphatic rings. The number of aromatic nitrogens is 4. The molecule has 1 amide bonds. The molecule has 0 aromatic carbocycles. The molecule has 0 bridgehead atoms. The predicted octanol–water partition coefficient (Wildman–Crippen LogP) is 0.534. The molecule has 0 fully saturated rings. The molecule has 0 saturated carbocycles. The summed E-state index contributed by atoms with van der Waals surface area (Å²) in [6.45, 7) is 1.72. The van der Waals surface area contributed by atoms with Crippen molar-refractivity contribution < 1.29 is 22.5 Å². The number of carbonyl (C=O) groups is 1. The summed E-state index contributed by atoms with van der Waals surface area (Å²) in [5, 5.41) is 9.70. The summed E-state index contributed by atoms with van der Waals surface area (Å²) in [7, 11) is 0. The number of rotatable bonds is 5. The summed E-state index contributed by atoms with van der Waals surface area (Å²) in [4.78, 5) is 14.8. The molecule has 120 valence electrons. The molecule has 2 rings (SSSR count). The Morgan fingerprint density at radius 2 is 2.23 bits per heavy atom. The fraction of sp³-hybridized carbons (Fsp3) is 0.455. The Morgan fingerprint density at radius 1 is 1.50 bits per heavy atom. The zero-order valence-electron chi connectivity index (χ0n) is 11.5. The van der Waals surface area contributed by atoms with Crippen LogP contribution >= 0.6 is 0 Å². The lowest BCUT2D eigenvalue weighted by atomic mass is 10.4. The van der Waals surface area contributed by atoms with Gasteiger partial charge >= 0.3 is 12.1 Å². The topological polar surface area (TPSA) is 112 Å². The first-order valence-corrected chi connectivity index (χ1v) is 6.22. The average Bonchev–Trinajstić information content (AvgIpc) is 2.97. The Labute approximate surface area is 122 Å². The summed E-state index contributed by atoms with van der Waals surface area (Å²) >= 11 is 0. The second-order valence-electron chi connectivity index (χ2n) is 4.48. The fourth-order valence-corrected chi connectivity index (χ4v) is 1.67. The number of hydrogen-bond acceptors (Lipinski definition) is 6. The average molecular weight is 318 g/mol. The van der Waals surface area contributed by atoms with Crippen LogP contribution in [0.3, 0.4) is 0 Å². The van der Waals surface area contributed by atoms with Crippen LogP contribution in [-0.4, -0.2) is 32.4 Å². The van der Waals surface area contributed by atoms with Gasteiger partial charge in [-0.15, -0.1) is 0 Å². The van der Waals surface area contributed by atoms with Gasteiger partial charge in [0.25, 0.3) is 0 Å². The largest absolute Gasteiger partial charge is 0.471 e. The maximum atomic E-state index is 12.2. The maximum Gasteiger partial charge on any atom is 0.471 e. The molecular formula is C11H13F3N6O2. The maximum absolute atomic E-state index is 12.2. The number of hydrogen-bond donors (Lipinski definition) is 2. The van der Waals surface area contributed by atoms with Crippen molar-refractivity contribution >= 4 is 11.7 Å². The third kappa shape index (κ3) is 3.96. The van der Waals surface area contributed by atoms with Crippen molar-refractivity contribution in [3.05, 3.63) is 23.5 Å². The van der Waals surface area contributed by atoms with E-state index in [0.717, 1.165) is 0 Å². The standard InChI is InChI=1S/C11H13F3N6O2/c1-6-4-7(15)20(18-6)5-9(21)16-3-2-8-17-10(22-19-8)11(12,13)14/h4H,2-3,5,15H2,1H3,(H,16,21). The minimum absolute atomic E-state index is 0.0128. The predicted molar refractivity (Wildman–Crippen MR) is 67.4 cm³/mol. The Hall–Kier alpha value is -2.59. The highest BCUT2D eigenvalue weighted by Gasteiger charge is 2.38. The van der Waals surface area contributed by atoms with Crippen molar-refractivity contribution in [2.75, 3.05) is 12.3 Å². The molecule has 11 heteroatoms. The minimum Gasteiger partial charge on any atom is -0.384 e. The quantitative estimate of drug-likeness (QED) is 0.832. The van der Waals surface area contributed by atoms with E-state index < -0.39 is 12.1 Å². The Morgan fingerprint density at radius 3 is 2.77 bits per heavy atom. The van der Waals surface area contributed by atoms with Crippen molar-refractivity contribution in [3.8, 4) is 0 Å². The zero-order valence-corrected chi connectivity index (χ0v) is 11.5. The lowest BCUT2D eigenvalue weighted by Crippen LogP contribution is -2.30. The number of nitrogens with one attached hydrogen (secondary N) is 1. The number of aryl methyl sites for hydroxylation is 1. The van der Waals surface area contributed by atoms with Crippen LogP contribution in [0.5, 0.6) is 0 Å². The second-order valence-corrected chi connectivity index (χ2v) is 4.48. The molecule has 0 radical (unpaired) electrons. The van der Waals surface area contributed by atoms with Gasteiger partial charge in [-0.2, -0.15) is 23.3 Å². The van der Waals surface area contributed by atoms with Gasteiger partial charge in [0, 0.05) is 19.0 Å². The summed E-state index contributed by atoms with van der Waals surface area (Å²) in [5.41, 5.74) is 6.31. The van der Waals surface area contributed by atoms with Gasteiger partial charge in [0.15, 0.2) is 5.82 Å². The number of anilines is 1. The molecule has 2 aromatic rings. The van der Waals surface area contributed by atoms with Crippen molar-refractivity contribution in [3.63, 3.8) is 0 Å². The first-order valence-electron chi connectivity index (χ1n) is 6.22. The van der Waals surface area contributed by atoms with E-state index in [-0.39, 0.29) is 31.2 Å². The van der Waals surface area contributed by atoms with Gasteiger partial charge in [-0.05, 0) is 6.92 Å². The summed E-state index contributed by atoms with van der Waals surface area (Å²) in [6, 6.07) is 1.62. The summed E-state index contributed by atoms with van der Waals surface area (Å²) in [5.74, 6) is -1.58. The van der Waals surface area contributed by atoms with Crippen molar-refractivity contribution in [1.29, 1.82) is 0 Å². The third-order valence-electron chi connectivity index (χ3n) is 2.61. The highest BCUT2D eigenvalue weighted by molar-refractivity contribution is 5.76. The van der Waals surface area contributed by atoms with Gasteiger partial charge in [0.1, 0.15) is 12.4 Å². The number of nitrogen functional groups attached to an aromatic ring is 1. The van der Waals surface area contributed by atoms with Crippen molar-refractivity contribution in [2.24, 2.45) is 0 Å². The molecule has 2 heterocycles. The van der Waals surface area contributed by atoms with Gasteiger partial charge in [-0.25, -0.2) is 4.68 Å². The fourth-order valence-electron chi connectivity index (χ4n) is 1.67. The lowest BCUT2D eigenvalue weighted by molar-refractivity contribution is -0.159. The van der Waals surface area contributed by atoms with Gasteiger partial charge in [-0.1, -0.05) is 5.16 Å². The van der Waals surface area contributed by atoms with Crippen LogP contribution in [0.15, 0.2) is 10.6 Å². The number of alkyl halides is 3. The van der Waals surface area contributed by atoms with E-state index in [1.807, 2.05) is 0 Å². The van der Waals surface area contributed by atoms with Crippen LogP contribution in [0.25, 0.3) is 0 Å². The lowest BCUT2D eigenvalue weighted by Gasteiger charge is -2.05. The highest BCUT2D eigenvalue weighted by atomic mass is 19.4. The van der Waals surface area contributed by atoms with E-state index in [2.05, 4.69) is 25.1 Å². The zero-order chi connectivity index (χ0) is 16.3. The van der Waals surface area contributed by atoms with Gasteiger partial charge in [0.05, 0.1) is 5.69 Å².